The van der Waals surface area contributed by atoms with E-state index in [9.17, 15) is 2.74 Å². The zero-order valence-corrected chi connectivity index (χ0v) is 29.4. The van der Waals surface area contributed by atoms with E-state index >= 15 is 0 Å². The van der Waals surface area contributed by atoms with Crippen molar-refractivity contribution in [3.63, 3.8) is 0 Å². The Kier molecular flexibility index (Phi) is 6.84. The minimum absolute atomic E-state index is 0.0741. The molecule has 0 heterocycles. The van der Waals surface area contributed by atoms with Crippen molar-refractivity contribution in [2.24, 2.45) is 0 Å². The molecule has 0 saturated heterocycles. The van der Waals surface area contributed by atoms with Gasteiger partial charge in [0.2, 0.25) is 0 Å². The Morgan fingerprint density at radius 3 is 1.22 bits per heavy atom. The van der Waals surface area contributed by atoms with Gasteiger partial charge < -0.3 is 9.80 Å². The molecule has 0 spiro atoms. The summed E-state index contributed by atoms with van der Waals surface area (Å²) in [5.74, 6) is 0. The molecule has 0 unspecified atom stereocenters. The number of anilines is 6. The normalized spacial score (nSPS) is 12.4. The van der Waals surface area contributed by atoms with Gasteiger partial charge in [-0.3, -0.25) is 0 Å². The van der Waals surface area contributed by atoms with Crippen LogP contribution in [0.25, 0.3) is 54.6 Å². The number of para-hydroxylation sites is 3. The highest BCUT2D eigenvalue weighted by Crippen LogP contribution is 2.45. The van der Waals surface area contributed by atoms with E-state index in [4.69, 9.17) is 2.74 Å². The predicted octanol–water partition coefficient (Wildman–Crippen LogP) is 14.9. The van der Waals surface area contributed by atoms with Crippen molar-refractivity contribution in [3.8, 4) is 22.3 Å². The van der Waals surface area contributed by atoms with E-state index < -0.39 is 0 Å². The van der Waals surface area contributed by atoms with Crippen LogP contribution < -0.4 is 9.80 Å². The second-order valence-corrected chi connectivity index (χ2v) is 13.5. The number of rotatable bonds is 8. The van der Waals surface area contributed by atoms with E-state index in [-0.39, 0.29) is 35.3 Å². The van der Waals surface area contributed by atoms with Crippen molar-refractivity contribution in [3.05, 3.63) is 218 Å². The summed E-state index contributed by atoms with van der Waals surface area (Å²) in [6.07, 6.45) is 0. The van der Waals surface area contributed by atoms with E-state index in [2.05, 4.69) is 101 Å². The summed E-state index contributed by atoms with van der Waals surface area (Å²) in [6, 6.07) is 65.3. The fourth-order valence-electron chi connectivity index (χ4n) is 7.69. The Hall–Kier alpha value is -7.16. The molecule has 54 heavy (non-hydrogen) atoms. The maximum absolute atomic E-state index is 9.20. The van der Waals surface area contributed by atoms with Crippen LogP contribution in [0.15, 0.2) is 218 Å². The SMILES string of the molecule is [2H]c1c([2H])c(-c2ccc(N(c3ccccc3)c3cc4cccc5ccc6cccc3c6c54)cc2)c([2H])c([2H])c1-c1ccc(N(c2ccccc2)c2ccccc2)cc1. The van der Waals surface area contributed by atoms with Crippen LogP contribution in [-0.4, -0.2) is 0 Å². The summed E-state index contributed by atoms with van der Waals surface area (Å²) >= 11 is 0. The first kappa shape index (κ1) is 27.5. The summed E-state index contributed by atoms with van der Waals surface area (Å²) in [7, 11) is 0. The van der Waals surface area contributed by atoms with Crippen molar-refractivity contribution in [2.45, 2.75) is 0 Å². The third-order valence-electron chi connectivity index (χ3n) is 10.2. The lowest BCUT2D eigenvalue weighted by molar-refractivity contribution is 1.28. The summed E-state index contributed by atoms with van der Waals surface area (Å²) in [6.45, 7) is 0. The van der Waals surface area contributed by atoms with E-state index in [1.807, 2.05) is 103 Å². The topological polar surface area (TPSA) is 6.48 Å². The molecule has 0 atom stereocenters. The Labute approximate surface area is 321 Å². The largest absolute Gasteiger partial charge is 0.311 e. The van der Waals surface area contributed by atoms with Gasteiger partial charge in [0.1, 0.15) is 0 Å². The third kappa shape index (κ3) is 5.62. The van der Waals surface area contributed by atoms with Crippen LogP contribution in [-0.2, 0) is 0 Å². The van der Waals surface area contributed by atoms with Gasteiger partial charge in [0, 0.05) is 33.8 Å². The Balaban J connectivity index is 1.04. The molecule has 254 valence electrons. The van der Waals surface area contributed by atoms with Crippen LogP contribution >= 0.6 is 0 Å². The van der Waals surface area contributed by atoms with E-state index in [0.717, 1.165) is 44.9 Å². The zero-order chi connectivity index (χ0) is 39.3. The standard InChI is InChI=1S/C52H36N2/c1-4-15-44(16-5-1)53(45-17-6-2-7-18-45)47-32-28-39(29-33-47)37-22-24-38(25-23-37)40-30-34-48(35-31-40)54(46-19-8-3-9-20-46)50-36-43-14-10-12-41-26-27-42-13-11-21-49(50)52(42)51(41)43/h1-36H/i22D,23D,24D,25D. The average molecular weight is 693 g/mol. The van der Waals surface area contributed by atoms with Gasteiger partial charge in [-0.05, 0) is 116 Å². The first-order valence-electron chi connectivity index (χ1n) is 20.2. The molecular formula is C52H36N2. The number of benzene rings is 10. The van der Waals surface area contributed by atoms with Gasteiger partial charge in [0.15, 0.2) is 0 Å². The van der Waals surface area contributed by atoms with Crippen LogP contribution in [0.5, 0.6) is 0 Å². The number of nitrogens with zero attached hydrogens (tertiary/aromatic N) is 2. The zero-order valence-electron chi connectivity index (χ0n) is 33.4. The average Bonchev–Trinajstić information content (AvgIpc) is 3.27. The molecule has 0 bridgehead atoms. The first-order valence-corrected chi connectivity index (χ1v) is 18.2. The molecule has 0 aliphatic carbocycles. The van der Waals surface area contributed by atoms with Crippen LogP contribution in [0.3, 0.4) is 0 Å². The van der Waals surface area contributed by atoms with Crippen molar-refractivity contribution in [1.29, 1.82) is 0 Å². The van der Waals surface area contributed by atoms with E-state index in [1.54, 1.807) is 0 Å². The van der Waals surface area contributed by atoms with Crippen molar-refractivity contribution < 1.29 is 5.48 Å². The van der Waals surface area contributed by atoms with Crippen LogP contribution in [0.2, 0.25) is 0 Å². The molecule has 2 nitrogen and oxygen atoms in total. The molecule has 0 fully saturated rings. The van der Waals surface area contributed by atoms with Gasteiger partial charge in [0.05, 0.1) is 11.2 Å². The Morgan fingerprint density at radius 2 is 0.704 bits per heavy atom. The second kappa shape index (κ2) is 13.4. The first-order chi connectivity index (χ1) is 28.5. The smallest absolute Gasteiger partial charge is 0.0629 e. The van der Waals surface area contributed by atoms with Crippen LogP contribution in [0, 0.1) is 0 Å². The maximum atomic E-state index is 9.20. The van der Waals surface area contributed by atoms with Gasteiger partial charge in [-0.2, -0.15) is 0 Å². The van der Waals surface area contributed by atoms with Gasteiger partial charge >= 0.3 is 0 Å². The summed E-state index contributed by atoms with van der Waals surface area (Å²) < 4.78 is 36.7. The monoisotopic (exact) mass is 692 g/mol. The molecular weight excluding hydrogens is 653 g/mol. The fourth-order valence-corrected chi connectivity index (χ4v) is 7.69. The van der Waals surface area contributed by atoms with Gasteiger partial charge in [-0.25, -0.2) is 0 Å². The highest BCUT2D eigenvalue weighted by Gasteiger charge is 2.19. The Morgan fingerprint density at radius 1 is 0.296 bits per heavy atom. The molecule has 0 radical (unpaired) electrons. The molecule has 0 aliphatic heterocycles. The summed E-state index contributed by atoms with van der Waals surface area (Å²) in [5.41, 5.74) is 7.67. The van der Waals surface area contributed by atoms with Crippen LogP contribution in [0.4, 0.5) is 34.1 Å². The molecule has 10 aromatic rings. The molecule has 2 heteroatoms. The highest BCUT2D eigenvalue weighted by molar-refractivity contribution is 6.26. The fraction of sp³-hybridized carbons (Fsp3) is 0. The van der Waals surface area contributed by atoms with Crippen molar-refractivity contribution >= 4 is 66.4 Å². The lowest BCUT2D eigenvalue weighted by Gasteiger charge is -2.28. The molecule has 0 saturated carbocycles. The molecule has 10 rings (SSSR count). The lowest BCUT2D eigenvalue weighted by atomic mass is 9.92. The van der Waals surface area contributed by atoms with Gasteiger partial charge in [-0.15, -0.1) is 0 Å². The molecule has 0 amide bonds. The molecule has 0 aromatic heterocycles. The lowest BCUT2D eigenvalue weighted by Crippen LogP contribution is -2.10. The van der Waals surface area contributed by atoms with Crippen LogP contribution in [0.1, 0.15) is 5.48 Å². The van der Waals surface area contributed by atoms with Crippen molar-refractivity contribution in [2.75, 3.05) is 9.80 Å². The van der Waals surface area contributed by atoms with E-state index in [0.29, 0.717) is 11.1 Å². The third-order valence-corrected chi connectivity index (χ3v) is 10.2. The second-order valence-electron chi connectivity index (χ2n) is 13.5. The quantitative estimate of drug-likeness (QED) is 0.146. The maximum Gasteiger partial charge on any atom is 0.0629 e. The summed E-state index contributed by atoms with van der Waals surface area (Å²) in [5, 5.41) is 7.20. The van der Waals surface area contributed by atoms with E-state index in [1.165, 1.54) is 21.5 Å². The van der Waals surface area contributed by atoms with Gasteiger partial charge in [0.25, 0.3) is 0 Å². The minimum atomic E-state index is -0.0747. The number of hydrogen-bond donors (Lipinski definition) is 0. The molecule has 0 aliphatic rings. The molecule has 0 N–H and O–H groups in total. The number of hydrogen-bond acceptors (Lipinski definition) is 2. The van der Waals surface area contributed by atoms with Gasteiger partial charge in [-0.1, -0.05) is 152 Å². The Bertz CT molecular complexity index is 3010. The minimum Gasteiger partial charge on any atom is -0.311 e. The highest BCUT2D eigenvalue weighted by atomic mass is 15.1. The summed E-state index contributed by atoms with van der Waals surface area (Å²) in [4.78, 5) is 4.40. The van der Waals surface area contributed by atoms with Crippen molar-refractivity contribution in [1.82, 2.24) is 0 Å². The predicted molar refractivity (Wildman–Crippen MR) is 230 cm³/mol. The molecule has 10 aromatic carbocycles.